The van der Waals surface area contributed by atoms with Crippen LogP contribution in [0.3, 0.4) is 0 Å². The lowest BCUT2D eigenvalue weighted by molar-refractivity contribution is 0.261. The quantitative estimate of drug-likeness (QED) is 0.900. The molecule has 2 heterocycles. The number of nitrogens with zero attached hydrogens (tertiary/aromatic N) is 2. The molecule has 1 atom stereocenters. The number of nitrogens with one attached hydrogen (secondary N) is 1. The van der Waals surface area contributed by atoms with Crippen LogP contribution in [0.25, 0.3) is 0 Å². The van der Waals surface area contributed by atoms with E-state index >= 15 is 0 Å². The molecule has 2 fully saturated rings. The van der Waals surface area contributed by atoms with Crippen molar-refractivity contribution in [2.24, 2.45) is 0 Å². The van der Waals surface area contributed by atoms with E-state index in [1.54, 1.807) is 0 Å². The second-order valence-corrected chi connectivity index (χ2v) is 5.99. The molecule has 3 nitrogen and oxygen atoms in total. The van der Waals surface area contributed by atoms with Crippen LogP contribution in [-0.4, -0.2) is 44.2 Å². The molecular formula is C16H25N3. The highest BCUT2D eigenvalue weighted by atomic mass is 15.1. The van der Waals surface area contributed by atoms with Crippen LogP contribution in [0.1, 0.15) is 25.7 Å². The Kier molecular flexibility index (Phi) is 3.92. The van der Waals surface area contributed by atoms with Gasteiger partial charge in [-0.1, -0.05) is 0 Å². The predicted octanol–water partition coefficient (Wildman–Crippen LogP) is 2.79. The average Bonchev–Trinajstić information content (AvgIpc) is 2.94. The van der Waals surface area contributed by atoms with Crippen molar-refractivity contribution in [3.05, 3.63) is 24.3 Å². The fraction of sp³-hybridized carbons (Fsp3) is 0.625. The number of hydrogen-bond donors (Lipinski definition) is 1. The van der Waals surface area contributed by atoms with Crippen molar-refractivity contribution >= 4 is 11.4 Å². The maximum absolute atomic E-state index is 3.67. The lowest BCUT2D eigenvalue weighted by Gasteiger charge is -2.31. The van der Waals surface area contributed by atoms with Gasteiger partial charge >= 0.3 is 0 Å². The second-order valence-electron chi connectivity index (χ2n) is 5.99. The van der Waals surface area contributed by atoms with E-state index in [-0.39, 0.29) is 0 Å². The predicted molar refractivity (Wildman–Crippen MR) is 82.0 cm³/mol. The zero-order chi connectivity index (χ0) is 13.1. The molecule has 1 unspecified atom stereocenters. The number of likely N-dealkylation sites (tertiary alicyclic amines) is 1. The van der Waals surface area contributed by atoms with Gasteiger partial charge in [0.15, 0.2) is 0 Å². The zero-order valence-corrected chi connectivity index (χ0v) is 11.9. The maximum Gasteiger partial charge on any atom is 0.0388 e. The van der Waals surface area contributed by atoms with Crippen molar-refractivity contribution in [1.82, 2.24) is 4.90 Å². The third-order valence-corrected chi connectivity index (χ3v) is 4.33. The topological polar surface area (TPSA) is 18.5 Å². The molecule has 2 aliphatic rings. The van der Waals surface area contributed by atoms with Crippen molar-refractivity contribution in [3.8, 4) is 0 Å². The van der Waals surface area contributed by atoms with E-state index in [0.29, 0.717) is 6.04 Å². The Morgan fingerprint density at radius 2 is 1.74 bits per heavy atom. The van der Waals surface area contributed by atoms with Crippen LogP contribution in [0.15, 0.2) is 24.3 Å². The van der Waals surface area contributed by atoms with Crippen LogP contribution in [0.5, 0.6) is 0 Å². The summed E-state index contributed by atoms with van der Waals surface area (Å²) in [5.74, 6) is 0. The first-order valence-corrected chi connectivity index (χ1v) is 7.61. The van der Waals surface area contributed by atoms with Crippen molar-refractivity contribution in [1.29, 1.82) is 0 Å². The van der Waals surface area contributed by atoms with Gasteiger partial charge in [0.25, 0.3) is 0 Å². The molecular weight excluding hydrogens is 234 g/mol. The molecule has 0 amide bonds. The molecule has 1 aromatic rings. The summed E-state index contributed by atoms with van der Waals surface area (Å²) in [5, 5.41) is 3.67. The highest BCUT2D eigenvalue weighted by Gasteiger charge is 2.17. The van der Waals surface area contributed by atoms with Gasteiger partial charge in [-0.15, -0.1) is 0 Å². The third kappa shape index (κ3) is 3.21. The Balaban J connectivity index is 1.59. The molecule has 0 bridgehead atoms. The van der Waals surface area contributed by atoms with E-state index in [1.165, 1.54) is 56.7 Å². The van der Waals surface area contributed by atoms with E-state index in [4.69, 9.17) is 0 Å². The fourth-order valence-electron chi connectivity index (χ4n) is 3.26. The van der Waals surface area contributed by atoms with Gasteiger partial charge in [0, 0.05) is 37.1 Å². The van der Waals surface area contributed by atoms with E-state index in [1.807, 2.05) is 0 Å². The van der Waals surface area contributed by atoms with Gasteiger partial charge in [-0.2, -0.15) is 0 Å². The first-order valence-electron chi connectivity index (χ1n) is 7.61. The summed E-state index contributed by atoms with van der Waals surface area (Å²) in [6, 6.07) is 9.61. The number of piperidine rings is 1. The molecule has 0 saturated carbocycles. The maximum atomic E-state index is 3.67. The van der Waals surface area contributed by atoms with E-state index in [0.717, 1.165) is 6.54 Å². The van der Waals surface area contributed by atoms with Gasteiger partial charge in [0.05, 0.1) is 0 Å². The molecule has 3 heteroatoms. The average molecular weight is 259 g/mol. The molecule has 0 aromatic heterocycles. The first kappa shape index (κ1) is 12.8. The van der Waals surface area contributed by atoms with Crippen molar-refractivity contribution < 1.29 is 0 Å². The minimum Gasteiger partial charge on any atom is -0.381 e. The van der Waals surface area contributed by atoms with Crippen LogP contribution in [0.2, 0.25) is 0 Å². The van der Waals surface area contributed by atoms with Gasteiger partial charge in [-0.3, -0.25) is 0 Å². The standard InChI is InChI=1S/C16H25N3/c1-18-10-4-5-15(13-18)17-14-6-8-16(9-7-14)19-11-2-3-12-19/h6-9,15,17H,2-5,10-13H2,1H3. The normalized spacial score (nSPS) is 24.7. The lowest BCUT2D eigenvalue weighted by atomic mass is 10.1. The minimum atomic E-state index is 0.608. The number of anilines is 2. The Labute approximate surface area is 116 Å². The van der Waals surface area contributed by atoms with Crippen LogP contribution in [0, 0.1) is 0 Å². The van der Waals surface area contributed by atoms with E-state index in [2.05, 4.69) is 46.4 Å². The second kappa shape index (κ2) is 5.83. The van der Waals surface area contributed by atoms with E-state index in [9.17, 15) is 0 Å². The third-order valence-electron chi connectivity index (χ3n) is 4.33. The largest absolute Gasteiger partial charge is 0.381 e. The minimum absolute atomic E-state index is 0.608. The molecule has 19 heavy (non-hydrogen) atoms. The Hall–Kier alpha value is -1.22. The molecule has 3 rings (SSSR count). The van der Waals surface area contributed by atoms with Gasteiger partial charge in [0.2, 0.25) is 0 Å². The molecule has 0 spiro atoms. The molecule has 1 aromatic carbocycles. The lowest BCUT2D eigenvalue weighted by Crippen LogP contribution is -2.39. The SMILES string of the molecule is CN1CCCC(Nc2ccc(N3CCCC3)cc2)C1. The number of benzene rings is 1. The van der Waals surface area contributed by atoms with Crippen molar-refractivity contribution in [3.63, 3.8) is 0 Å². The van der Waals surface area contributed by atoms with Gasteiger partial charge in [-0.25, -0.2) is 0 Å². The Bertz CT molecular complexity index is 395. The van der Waals surface area contributed by atoms with Gasteiger partial charge < -0.3 is 15.1 Å². The summed E-state index contributed by atoms with van der Waals surface area (Å²) in [6.45, 7) is 4.85. The molecule has 1 N–H and O–H groups in total. The summed E-state index contributed by atoms with van der Waals surface area (Å²) in [6.07, 6.45) is 5.28. The molecule has 0 aliphatic carbocycles. The fourth-order valence-corrected chi connectivity index (χ4v) is 3.26. The summed E-state index contributed by atoms with van der Waals surface area (Å²) in [7, 11) is 2.21. The summed E-state index contributed by atoms with van der Waals surface area (Å²) < 4.78 is 0. The van der Waals surface area contributed by atoms with E-state index < -0.39 is 0 Å². The van der Waals surface area contributed by atoms with Crippen molar-refractivity contribution in [2.45, 2.75) is 31.7 Å². The number of hydrogen-bond acceptors (Lipinski definition) is 3. The molecule has 0 radical (unpaired) electrons. The number of likely N-dealkylation sites (N-methyl/N-ethyl adjacent to an activating group) is 1. The molecule has 104 valence electrons. The van der Waals surface area contributed by atoms with Gasteiger partial charge in [-0.05, 0) is 63.5 Å². The monoisotopic (exact) mass is 259 g/mol. The highest BCUT2D eigenvalue weighted by Crippen LogP contribution is 2.23. The van der Waals surface area contributed by atoms with Crippen LogP contribution < -0.4 is 10.2 Å². The molecule has 2 aliphatic heterocycles. The van der Waals surface area contributed by atoms with Crippen LogP contribution >= 0.6 is 0 Å². The summed E-state index contributed by atoms with van der Waals surface area (Å²) in [5.41, 5.74) is 2.65. The Morgan fingerprint density at radius 3 is 2.42 bits per heavy atom. The van der Waals surface area contributed by atoms with Gasteiger partial charge in [0.1, 0.15) is 0 Å². The highest BCUT2D eigenvalue weighted by molar-refractivity contribution is 5.55. The number of rotatable bonds is 3. The Morgan fingerprint density at radius 1 is 1.00 bits per heavy atom. The first-order chi connectivity index (χ1) is 9.31. The van der Waals surface area contributed by atoms with Crippen LogP contribution in [0.4, 0.5) is 11.4 Å². The zero-order valence-electron chi connectivity index (χ0n) is 11.9. The smallest absolute Gasteiger partial charge is 0.0388 e. The molecule has 2 saturated heterocycles. The van der Waals surface area contributed by atoms with Crippen LogP contribution in [-0.2, 0) is 0 Å². The summed E-state index contributed by atoms with van der Waals surface area (Å²) >= 11 is 0. The van der Waals surface area contributed by atoms with Crippen molar-refractivity contribution in [2.75, 3.05) is 43.4 Å². The summed E-state index contributed by atoms with van der Waals surface area (Å²) in [4.78, 5) is 4.90.